The average Bonchev–Trinajstić information content (AvgIpc) is 2.97. The van der Waals surface area contributed by atoms with Gasteiger partial charge >= 0.3 is 5.69 Å². The minimum Gasteiger partial charge on any atom is -0.396 e. The molecule has 130 valence electrons. The average molecular weight is 381 g/mol. The maximum atomic E-state index is 12.7. The van der Waals surface area contributed by atoms with Crippen molar-refractivity contribution in [1.82, 2.24) is 14.0 Å². The molecule has 2 N–H and O–H groups in total. The molecule has 0 aliphatic carbocycles. The summed E-state index contributed by atoms with van der Waals surface area (Å²) in [6, 6.07) is 8.32. The molecule has 0 aliphatic rings. The first-order chi connectivity index (χ1) is 12.0. The monoisotopic (exact) mass is 380 g/mol. The molecule has 0 radical (unpaired) electrons. The third kappa shape index (κ3) is 3.68. The summed E-state index contributed by atoms with van der Waals surface area (Å²) in [5.41, 5.74) is 0.839. The van der Waals surface area contributed by atoms with Gasteiger partial charge < -0.3 is 10.4 Å². The summed E-state index contributed by atoms with van der Waals surface area (Å²) in [6.45, 7) is -0.0180. The topological polar surface area (TPSA) is 88.6 Å². The van der Waals surface area contributed by atoms with Crippen LogP contribution in [-0.4, -0.2) is 31.6 Å². The number of carbonyl (C=O) groups is 1. The lowest BCUT2D eigenvalue weighted by Gasteiger charge is -2.09. The van der Waals surface area contributed by atoms with E-state index < -0.39 is 0 Å². The smallest absolute Gasteiger partial charge is 0.337 e. The molecule has 3 aromatic rings. The van der Waals surface area contributed by atoms with Crippen molar-refractivity contribution in [2.45, 2.75) is 13.0 Å². The van der Waals surface area contributed by atoms with Crippen LogP contribution >= 0.6 is 23.2 Å². The largest absolute Gasteiger partial charge is 0.396 e. The maximum absolute atomic E-state index is 12.7. The number of nitrogens with zero attached hydrogens (tertiary/aromatic N) is 3. The van der Waals surface area contributed by atoms with E-state index in [4.69, 9.17) is 28.3 Å². The molecule has 0 atom stereocenters. The minimum absolute atomic E-state index is 0.0506. The molecule has 1 aromatic carbocycles. The Labute approximate surface area is 152 Å². The Morgan fingerprint density at radius 2 is 2.00 bits per heavy atom. The Kier molecular flexibility index (Phi) is 5.08. The molecule has 0 saturated carbocycles. The number of rotatable bonds is 5. The molecule has 9 heteroatoms. The highest BCUT2D eigenvalue weighted by Gasteiger charge is 2.11. The first kappa shape index (κ1) is 17.5. The van der Waals surface area contributed by atoms with Crippen molar-refractivity contribution in [2.75, 3.05) is 11.9 Å². The Bertz CT molecular complexity index is 997. The zero-order valence-corrected chi connectivity index (χ0v) is 14.5. The van der Waals surface area contributed by atoms with Crippen LogP contribution in [0.5, 0.6) is 0 Å². The quantitative estimate of drug-likeness (QED) is 0.709. The zero-order valence-electron chi connectivity index (χ0n) is 12.9. The number of hydrogen-bond donors (Lipinski definition) is 2. The van der Waals surface area contributed by atoms with Crippen molar-refractivity contribution in [1.29, 1.82) is 0 Å². The van der Waals surface area contributed by atoms with Gasteiger partial charge in [-0.25, -0.2) is 14.2 Å². The van der Waals surface area contributed by atoms with Gasteiger partial charge in [0, 0.05) is 0 Å². The zero-order chi connectivity index (χ0) is 18.0. The van der Waals surface area contributed by atoms with Crippen LogP contribution in [0.1, 0.15) is 12.0 Å². The fourth-order valence-electron chi connectivity index (χ4n) is 2.38. The van der Waals surface area contributed by atoms with E-state index in [-0.39, 0.29) is 31.2 Å². The first-order valence-electron chi connectivity index (χ1n) is 7.41. The van der Waals surface area contributed by atoms with E-state index in [2.05, 4.69) is 10.3 Å². The Morgan fingerprint density at radius 1 is 1.20 bits per heavy atom. The Hall–Kier alpha value is -2.35. The summed E-state index contributed by atoms with van der Waals surface area (Å²) < 4.78 is 2.70. The van der Waals surface area contributed by atoms with Crippen LogP contribution in [0, 0.1) is 0 Å². The number of anilines is 1. The molecule has 1 amide bonds. The minimum atomic E-state index is -0.387. The van der Waals surface area contributed by atoms with Crippen molar-refractivity contribution >= 4 is 40.6 Å². The van der Waals surface area contributed by atoms with Gasteiger partial charge in [-0.1, -0.05) is 29.3 Å². The van der Waals surface area contributed by atoms with Crippen LogP contribution in [0.3, 0.4) is 0 Å². The normalized spacial score (nSPS) is 11.0. The van der Waals surface area contributed by atoms with Crippen LogP contribution in [-0.2, 0) is 11.3 Å². The summed E-state index contributed by atoms with van der Waals surface area (Å²) in [7, 11) is 0. The van der Waals surface area contributed by atoms with Crippen molar-refractivity contribution < 1.29 is 9.90 Å². The molecular weight excluding hydrogens is 367 g/mol. The highest BCUT2D eigenvalue weighted by molar-refractivity contribution is 6.42. The fourth-order valence-corrected chi connectivity index (χ4v) is 2.70. The second-order valence-electron chi connectivity index (χ2n) is 5.34. The van der Waals surface area contributed by atoms with Gasteiger partial charge in [-0.2, -0.15) is 0 Å². The number of nitrogens with one attached hydrogen (secondary N) is 1. The second kappa shape index (κ2) is 7.26. The van der Waals surface area contributed by atoms with Gasteiger partial charge in [-0.15, -0.1) is 0 Å². The molecule has 3 rings (SSSR count). The Morgan fingerprint density at radius 3 is 2.72 bits per heavy atom. The molecule has 7 nitrogen and oxygen atoms in total. The molecular formula is C16H14Cl2N4O3. The standard InChI is InChI=1S/C16H14Cl2N4O3/c17-11-2-1-10(7-12(11)18)8-21-9-19-13-3-4-14(22(13)16(21)25)20-15(24)5-6-23/h1-4,7,9,23H,5-6,8H2,(H,20,24). The third-order valence-corrected chi connectivity index (χ3v) is 4.31. The van der Waals surface area contributed by atoms with Crippen molar-refractivity contribution in [3.8, 4) is 0 Å². The van der Waals surface area contributed by atoms with Crippen molar-refractivity contribution in [3.05, 3.63) is 62.8 Å². The summed E-state index contributed by atoms with van der Waals surface area (Å²) in [5.74, 6) is -0.0868. The number of benzene rings is 1. The SMILES string of the molecule is O=C(CCO)Nc1ccc2ncn(Cc3ccc(Cl)c(Cl)c3)c(=O)n12. The van der Waals surface area contributed by atoms with Gasteiger partial charge in [-0.05, 0) is 29.8 Å². The number of aliphatic hydroxyl groups excluding tert-OH is 1. The van der Waals surface area contributed by atoms with Crippen molar-refractivity contribution in [2.24, 2.45) is 0 Å². The molecule has 25 heavy (non-hydrogen) atoms. The van der Waals surface area contributed by atoms with Gasteiger partial charge in [0.25, 0.3) is 0 Å². The molecule has 2 aromatic heterocycles. The molecule has 0 bridgehead atoms. The molecule has 2 heterocycles. The number of carbonyl (C=O) groups excluding carboxylic acids is 1. The number of amides is 1. The van der Waals surface area contributed by atoms with E-state index in [1.54, 1.807) is 30.3 Å². The second-order valence-corrected chi connectivity index (χ2v) is 6.15. The summed E-state index contributed by atoms with van der Waals surface area (Å²) in [5, 5.41) is 12.2. The van der Waals surface area contributed by atoms with Gasteiger partial charge in [-0.3, -0.25) is 9.36 Å². The van der Waals surface area contributed by atoms with Gasteiger partial charge in [0.05, 0.1) is 29.6 Å². The van der Waals surface area contributed by atoms with Gasteiger partial charge in [0.15, 0.2) is 0 Å². The first-order valence-corrected chi connectivity index (χ1v) is 8.16. The lowest BCUT2D eigenvalue weighted by atomic mass is 10.2. The Balaban J connectivity index is 1.97. The number of aromatic nitrogens is 3. The highest BCUT2D eigenvalue weighted by atomic mass is 35.5. The van der Waals surface area contributed by atoms with E-state index >= 15 is 0 Å². The predicted molar refractivity (Wildman–Crippen MR) is 95.3 cm³/mol. The van der Waals surface area contributed by atoms with Crippen LogP contribution in [0.25, 0.3) is 5.65 Å². The summed E-state index contributed by atoms with van der Waals surface area (Å²) in [6.07, 6.45) is 1.38. The van der Waals surface area contributed by atoms with Crippen LogP contribution in [0.4, 0.5) is 5.82 Å². The lowest BCUT2D eigenvalue weighted by Crippen LogP contribution is -2.29. The number of aliphatic hydroxyl groups is 1. The van der Waals surface area contributed by atoms with E-state index in [0.717, 1.165) is 5.56 Å². The van der Waals surface area contributed by atoms with E-state index in [1.165, 1.54) is 15.3 Å². The fraction of sp³-hybridized carbons (Fsp3) is 0.188. The third-order valence-electron chi connectivity index (χ3n) is 3.57. The molecule has 0 spiro atoms. The van der Waals surface area contributed by atoms with Gasteiger partial charge in [0.2, 0.25) is 5.91 Å². The maximum Gasteiger partial charge on any atom is 0.337 e. The highest BCUT2D eigenvalue weighted by Crippen LogP contribution is 2.22. The summed E-state index contributed by atoms with van der Waals surface area (Å²) in [4.78, 5) is 28.6. The van der Waals surface area contributed by atoms with Crippen LogP contribution in [0.2, 0.25) is 10.0 Å². The molecule has 0 aliphatic heterocycles. The van der Waals surface area contributed by atoms with Crippen LogP contribution in [0.15, 0.2) is 41.5 Å². The predicted octanol–water partition coefficient (Wildman–Crippen LogP) is 2.17. The lowest BCUT2D eigenvalue weighted by molar-refractivity contribution is -0.116. The number of halogens is 2. The summed E-state index contributed by atoms with van der Waals surface area (Å²) >= 11 is 11.9. The van der Waals surface area contributed by atoms with E-state index in [9.17, 15) is 9.59 Å². The van der Waals surface area contributed by atoms with Gasteiger partial charge in [0.1, 0.15) is 17.8 Å². The molecule has 0 fully saturated rings. The van der Waals surface area contributed by atoms with Crippen LogP contribution < -0.4 is 11.0 Å². The number of fused-ring (bicyclic) bond motifs is 1. The number of hydrogen-bond acceptors (Lipinski definition) is 4. The molecule has 0 unspecified atom stereocenters. The molecule has 0 saturated heterocycles. The van der Waals surface area contributed by atoms with E-state index in [0.29, 0.717) is 21.5 Å². The van der Waals surface area contributed by atoms with E-state index in [1.807, 2.05) is 0 Å². The van der Waals surface area contributed by atoms with Crippen molar-refractivity contribution in [3.63, 3.8) is 0 Å².